The fourth-order valence-corrected chi connectivity index (χ4v) is 10.9. The van der Waals surface area contributed by atoms with E-state index in [4.69, 9.17) is 4.74 Å². The molecule has 4 nitrogen and oxygen atoms in total. The van der Waals surface area contributed by atoms with Gasteiger partial charge in [-0.2, -0.15) is 0 Å². The van der Waals surface area contributed by atoms with Crippen LogP contribution in [0.1, 0.15) is 59.8 Å². The van der Waals surface area contributed by atoms with E-state index < -0.39 is 5.41 Å². The highest BCUT2D eigenvalue weighted by Crippen LogP contribution is 2.87. The molecule has 0 aromatic heterocycles. The average Bonchev–Trinajstić information content (AvgIpc) is 3.05. The van der Waals surface area contributed by atoms with Crippen LogP contribution in [0.15, 0.2) is 12.2 Å². The van der Waals surface area contributed by atoms with Crippen LogP contribution in [0.2, 0.25) is 0 Å². The van der Waals surface area contributed by atoms with Gasteiger partial charge in [0.05, 0.1) is 11.5 Å². The molecule has 0 amide bonds. The summed E-state index contributed by atoms with van der Waals surface area (Å²) in [6.45, 7) is 14.0. The number of hydrogen-bond donors (Lipinski definition) is 1. The van der Waals surface area contributed by atoms with Crippen molar-refractivity contribution in [1.82, 2.24) is 4.90 Å². The Hall–Kier alpha value is -0.870. The molecule has 3 saturated heterocycles. The van der Waals surface area contributed by atoms with Crippen LogP contribution in [0.3, 0.4) is 0 Å². The quantitative estimate of drug-likeness (QED) is 0.544. The van der Waals surface area contributed by atoms with E-state index in [9.17, 15) is 9.90 Å². The molecule has 6 saturated carbocycles. The van der Waals surface area contributed by atoms with Crippen LogP contribution in [0, 0.1) is 45.3 Å². The van der Waals surface area contributed by atoms with Gasteiger partial charge in [0.1, 0.15) is 6.10 Å². The van der Waals surface area contributed by atoms with E-state index in [0.29, 0.717) is 23.4 Å². The van der Waals surface area contributed by atoms with Gasteiger partial charge in [-0.05, 0) is 74.7 Å². The molecule has 1 unspecified atom stereocenters. The Balaban J connectivity index is 1.41. The van der Waals surface area contributed by atoms with Gasteiger partial charge in [0, 0.05) is 35.9 Å². The molecule has 0 aromatic carbocycles. The minimum atomic E-state index is -0.507. The molecule has 12 atom stereocenters. The lowest BCUT2D eigenvalue weighted by Crippen LogP contribution is -2.69. The Morgan fingerprint density at radius 3 is 2.72 bits per heavy atom. The second kappa shape index (κ2) is 4.65. The first-order valence-corrected chi connectivity index (χ1v) is 11.9. The van der Waals surface area contributed by atoms with Crippen molar-refractivity contribution < 1.29 is 14.6 Å². The third-order valence-corrected chi connectivity index (χ3v) is 11.1. The molecule has 9 fully saturated rings. The third kappa shape index (κ3) is 1.55. The second-order valence-corrected chi connectivity index (χ2v) is 13.1. The Morgan fingerprint density at radius 1 is 1.24 bits per heavy atom. The van der Waals surface area contributed by atoms with Gasteiger partial charge in [-0.3, -0.25) is 9.69 Å². The summed E-state index contributed by atoms with van der Waals surface area (Å²) in [5, 5.41) is 11.7. The number of fused-ring (bicyclic) bond motifs is 1. The van der Waals surface area contributed by atoms with Crippen LogP contribution in [0.25, 0.3) is 0 Å². The maximum Gasteiger partial charge on any atom is 0.311 e. The van der Waals surface area contributed by atoms with E-state index in [1.165, 1.54) is 25.8 Å². The topological polar surface area (TPSA) is 49.8 Å². The number of piperidine rings is 2. The maximum absolute atomic E-state index is 13.0. The molecule has 9 rings (SSSR count). The van der Waals surface area contributed by atoms with Crippen molar-refractivity contribution in [2.24, 2.45) is 45.3 Å². The summed E-state index contributed by atoms with van der Waals surface area (Å²) in [5.74, 6) is 1.58. The molecule has 1 N–H and O–H groups in total. The molecular formula is C25H35NO3. The largest absolute Gasteiger partial charge is 0.457 e. The van der Waals surface area contributed by atoms with Crippen molar-refractivity contribution in [3.8, 4) is 0 Å². The highest BCUT2D eigenvalue weighted by molar-refractivity contribution is 5.76. The molecule has 9 bridgehead atoms. The molecule has 4 heteroatoms. The summed E-state index contributed by atoms with van der Waals surface area (Å²) in [7, 11) is 0. The van der Waals surface area contributed by atoms with E-state index in [2.05, 4.69) is 18.4 Å². The van der Waals surface area contributed by atoms with Crippen molar-refractivity contribution in [3.63, 3.8) is 0 Å². The monoisotopic (exact) mass is 397 g/mol. The zero-order valence-electron chi connectivity index (χ0n) is 18.3. The Morgan fingerprint density at radius 2 is 2.00 bits per heavy atom. The van der Waals surface area contributed by atoms with Crippen molar-refractivity contribution in [2.45, 2.75) is 84.1 Å². The Labute approximate surface area is 174 Å². The molecule has 158 valence electrons. The van der Waals surface area contributed by atoms with Crippen LogP contribution in [0.4, 0.5) is 0 Å². The van der Waals surface area contributed by atoms with Crippen LogP contribution >= 0.6 is 0 Å². The number of ether oxygens (including phenoxy) is 1. The van der Waals surface area contributed by atoms with Gasteiger partial charge < -0.3 is 9.84 Å². The predicted octanol–water partition coefficient (Wildman–Crippen LogP) is 3.39. The number of esters is 1. The lowest BCUT2D eigenvalue weighted by atomic mass is 9.39. The first-order chi connectivity index (χ1) is 13.6. The molecule has 0 aromatic rings. The fraction of sp³-hybridized carbons (Fsp3) is 0.880. The molecule has 29 heavy (non-hydrogen) atoms. The number of aliphatic hydroxyl groups is 1. The van der Waals surface area contributed by atoms with Crippen molar-refractivity contribution in [3.05, 3.63) is 12.2 Å². The molecule has 0 radical (unpaired) electrons. The van der Waals surface area contributed by atoms with Crippen LogP contribution in [-0.4, -0.2) is 46.8 Å². The van der Waals surface area contributed by atoms with E-state index in [-0.39, 0.29) is 40.8 Å². The minimum Gasteiger partial charge on any atom is -0.457 e. The number of rotatable bonds is 1. The summed E-state index contributed by atoms with van der Waals surface area (Å²) in [4.78, 5) is 15.9. The summed E-state index contributed by atoms with van der Waals surface area (Å²) < 4.78 is 6.36. The fourth-order valence-electron chi connectivity index (χ4n) is 10.9. The van der Waals surface area contributed by atoms with Gasteiger partial charge in [0.25, 0.3) is 0 Å². The molecular weight excluding hydrogens is 362 g/mol. The highest BCUT2D eigenvalue weighted by Gasteiger charge is 2.90. The minimum absolute atomic E-state index is 0.0723. The lowest BCUT2D eigenvalue weighted by Gasteiger charge is -2.66. The van der Waals surface area contributed by atoms with E-state index in [0.717, 1.165) is 24.3 Å². The number of carbonyl (C=O) groups is 1. The zero-order chi connectivity index (χ0) is 20.3. The molecule has 3 heterocycles. The maximum atomic E-state index is 13.0. The highest BCUT2D eigenvalue weighted by atomic mass is 16.5. The Kier molecular flexibility index (Phi) is 2.85. The van der Waals surface area contributed by atoms with Gasteiger partial charge in [0.2, 0.25) is 0 Å². The number of hydrogen-bond acceptors (Lipinski definition) is 4. The van der Waals surface area contributed by atoms with Crippen molar-refractivity contribution in [2.75, 3.05) is 6.54 Å². The summed E-state index contributed by atoms with van der Waals surface area (Å²) in [6.07, 6.45) is 5.59. The van der Waals surface area contributed by atoms with Gasteiger partial charge >= 0.3 is 5.97 Å². The van der Waals surface area contributed by atoms with Gasteiger partial charge in [0.15, 0.2) is 0 Å². The summed E-state index contributed by atoms with van der Waals surface area (Å²) in [5.41, 5.74) is 1.11. The number of aliphatic hydroxyl groups excluding tert-OH is 1. The predicted molar refractivity (Wildman–Crippen MR) is 109 cm³/mol. The SMILES string of the molecule is C=C1[C@H]2C[C@@H]3[C@H]4N5C[C@]6(C)CCC[C@]47[C@H]([C@H]2O)[C@]3(C[C@H]5[C@H]67)[C@@H]1OC(=O)C(C)(C)C. The summed E-state index contributed by atoms with van der Waals surface area (Å²) >= 11 is 0. The van der Waals surface area contributed by atoms with Crippen molar-refractivity contribution >= 4 is 5.97 Å². The van der Waals surface area contributed by atoms with Crippen LogP contribution in [-0.2, 0) is 9.53 Å². The van der Waals surface area contributed by atoms with Crippen molar-refractivity contribution in [1.29, 1.82) is 0 Å². The van der Waals surface area contributed by atoms with E-state index in [1.54, 1.807) is 0 Å². The van der Waals surface area contributed by atoms with Gasteiger partial charge in [-0.1, -0.05) is 19.9 Å². The van der Waals surface area contributed by atoms with Crippen LogP contribution in [0.5, 0.6) is 0 Å². The molecule has 6 aliphatic carbocycles. The van der Waals surface area contributed by atoms with Gasteiger partial charge in [-0.15, -0.1) is 0 Å². The average molecular weight is 398 g/mol. The standard InChI is InChI=1S/C25H35NO3/c1-12-13-9-14-19-24-8-6-7-23(5)11-26(19)15(17(23)24)10-25(14,18(24)16(13)27)20(12)29-21(28)22(2,3)4/h13-20,27H,1,6-11H2,2-5H3/t13-,14-,15+,16+,17-,18+,19-,20-,23+,24+,25-/m1/s1. The summed E-state index contributed by atoms with van der Waals surface area (Å²) in [6, 6.07) is 1.23. The number of nitrogens with zero attached hydrogens (tertiary/aromatic N) is 1. The number of carbonyl (C=O) groups excluding carboxylic acids is 1. The lowest BCUT2D eigenvalue weighted by molar-refractivity contribution is -0.227. The normalized spacial score (nSPS) is 62.8. The molecule has 3 aliphatic heterocycles. The smallest absolute Gasteiger partial charge is 0.311 e. The third-order valence-electron chi connectivity index (χ3n) is 11.1. The Bertz CT molecular complexity index is 861. The molecule has 2 spiro atoms. The molecule has 9 aliphatic rings. The zero-order valence-corrected chi connectivity index (χ0v) is 18.3. The second-order valence-electron chi connectivity index (χ2n) is 13.1. The van der Waals surface area contributed by atoms with E-state index >= 15 is 0 Å². The van der Waals surface area contributed by atoms with E-state index in [1.807, 2.05) is 20.8 Å². The van der Waals surface area contributed by atoms with Crippen LogP contribution < -0.4 is 0 Å². The van der Waals surface area contributed by atoms with Gasteiger partial charge in [-0.25, -0.2) is 0 Å². The first-order valence-electron chi connectivity index (χ1n) is 11.9. The first kappa shape index (κ1) is 17.8.